The van der Waals surface area contributed by atoms with E-state index in [1.165, 1.54) is 4.90 Å². The summed E-state index contributed by atoms with van der Waals surface area (Å²) in [5.41, 5.74) is 0.125. The molecule has 0 radical (unpaired) electrons. The molecule has 1 aromatic rings. The molecule has 0 spiro atoms. The standard InChI is InChI=1S/C16H24N6O2/c1-20(2)15(24)11-21(3)10-13(23)12(9-17)16-19-18-14-7-5-4-6-8-22(14)16/h23H,4-8,10-11H2,1-3H3/b13-12-. The third-order valence-corrected chi connectivity index (χ3v) is 4.06. The van der Waals surface area contributed by atoms with E-state index in [0.717, 1.165) is 38.1 Å². The molecule has 24 heavy (non-hydrogen) atoms. The van der Waals surface area contributed by atoms with Crippen molar-refractivity contribution in [2.24, 2.45) is 0 Å². The zero-order valence-corrected chi connectivity index (χ0v) is 14.5. The fourth-order valence-corrected chi connectivity index (χ4v) is 2.68. The molecule has 0 saturated carbocycles. The van der Waals surface area contributed by atoms with Crippen LogP contribution < -0.4 is 0 Å². The maximum atomic E-state index is 11.7. The van der Waals surface area contributed by atoms with E-state index in [1.54, 1.807) is 26.0 Å². The Morgan fingerprint density at radius 3 is 2.67 bits per heavy atom. The van der Waals surface area contributed by atoms with Crippen molar-refractivity contribution in [2.75, 3.05) is 34.2 Å². The van der Waals surface area contributed by atoms with Crippen LogP contribution in [0, 0.1) is 11.3 Å². The number of nitriles is 1. The normalized spacial score (nSPS) is 15.3. The predicted octanol–water partition coefficient (Wildman–Crippen LogP) is 0.817. The van der Waals surface area contributed by atoms with Gasteiger partial charge in [0, 0.05) is 27.1 Å². The average Bonchev–Trinajstić information content (AvgIpc) is 2.77. The lowest BCUT2D eigenvalue weighted by atomic mass is 10.2. The van der Waals surface area contributed by atoms with Gasteiger partial charge in [-0.15, -0.1) is 10.2 Å². The second-order valence-corrected chi connectivity index (χ2v) is 6.30. The number of aliphatic hydroxyl groups excluding tert-OH is 1. The smallest absolute Gasteiger partial charge is 0.236 e. The molecule has 1 aliphatic rings. The third kappa shape index (κ3) is 4.11. The number of likely N-dealkylation sites (N-methyl/N-ethyl adjacent to an activating group) is 2. The molecule has 2 rings (SSSR count). The van der Waals surface area contributed by atoms with E-state index in [1.807, 2.05) is 10.6 Å². The second-order valence-electron chi connectivity index (χ2n) is 6.30. The molecule has 0 saturated heterocycles. The summed E-state index contributed by atoms with van der Waals surface area (Å²) < 4.78 is 1.92. The van der Waals surface area contributed by atoms with Gasteiger partial charge in [0.15, 0.2) is 5.82 Å². The zero-order chi connectivity index (χ0) is 17.7. The molecule has 0 fully saturated rings. The molecule has 1 aliphatic heterocycles. The molecular formula is C16H24N6O2. The highest BCUT2D eigenvalue weighted by molar-refractivity contribution is 5.78. The number of carbonyl (C=O) groups excluding carboxylic acids is 1. The van der Waals surface area contributed by atoms with Crippen LogP contribution in [0.15, 0.2) is 5.76 Å². The lowest BCUT2D eigenvalue weighted by molar-refractivity contribution is -0.129. The number of aromatic nitrogens is 3. The minimum absolute atomic E-state index is 0.0693. The van der Waals surface area contributed by atoms with Gasteiger partial charge in [0.2, 0.25) is 5.91 Å². The van der Waals surface area contributed by atoms with Crippen LogP contribution in [0.25, 0.3) is 5.57 Å². The van der Waals surface area contributed by atoms with Crippen molar-refractivity contribution in [1.82, 2.24) is 24.6 Å². The molecule has 2 heterocycles. The number of fused-ring (bicyclic) bond motifs is 1. The summed E-state index contributed by atoms with van der Waals surface area (Å²) >= 11 is 0. The summed E-state index contributed by atoms with van der Waals surface area (Å²) in [4.78, 5) is 14.9. The number of allylic oxidation sites excluding steroid dienone is 1. The van der Waals surface area contributed by atoms with Crippen molar-refractivity contribution in [3.63, 3.8) is 0 Å². The van der Waals surface area contributed by atoms with Gasteiger partial charge in [-0.25, -0.2) is 0 Å². The molecule has 130 valence electrons. The lowest BCUT2D eigenvalue weighted by Crippen LogP contribution is -2.35. The van der Waals surface area contributed by atoms with E-state index in [9.17, 15) is 15.2 Å². The van der Waals surface area contributed by atoms with Crippen molar-refractivity contribution < 1.29 is 9.90 Å². The first-order valence-electron chi connectivity index (χ1n) is 8.07. The molecule has 8 nitrogen and oxygen atoms in total. The van der Waals surface area contributed by atoms with Crippen LogP contribution in [0.5, 0.6) is 0 Å². The van der Waals surface area contributed by atoms with Gasteiger partial charge in [-0.1, -0.05) is 6.42 Å². The van der Waals surface area contributed by atoms with Gasteiger partial charge in [-0.05, 0) is 19.9 Å². The van der Waals surface area contributed by atoms with E-state index in [2.05, 4.69) is 10.2 Å². The van der Waals surface area contributed by atoms with Crippen LogP contribution in [0.4, 0.5) is 0 Å². The molecule has 8 heteroatoms. The van der Waals surface area contributed by atoms with E-state index in [0.29, 0.717) is 5.82 Å². The first-order valence-corrected chi connectivity index (χ1v) is 8.07. The SMILES string of the molecule is CN(CC(=O)N(C)C)C/C(O)=C(\C#N)c1nnc2n1CCCCC2. The molecular weight excluding hydrogens is 308 g/mol. The fraction of sp³-hybridized carbons (Fsp3) is 0.625. The zero-order valence-electron chi connectivity index (χ0n) is 14.5. The molecule has 0 atom stereocenters. The Kier molecular flexibility index (Phi) is 5.93. The quantitative estimate of drug-likeness (QED) is 0.633. The Bertz CT molecular complexity index is 671. The summed E-state index contributed by atoms with van der Waals surface area (Å²) in [7, 11) is 5.08. The first-order chi connectivity index (χ1) is 11.4. The van der Waals surface area contributed by atoms with Crippen LogP contribution in [0.3, 0.4) is 0 Å². The minimum atomic E-state index is -0.0917. The van der Waals surface area contributed by atoms with Crippen LogP contribution in [0.1, 0.15) is 30.9 Å². The number of hydrogen-bond acceptors (Lipinski definition) is 6. The molecule has 1 N–H and O–H groups in total. The minimum Gasteiger partial charge on any atom is -0.509 e. The molecule has 0 aromatic carbocycles. The third-order valence-electron chi connectivity index (χ3n) is 4.06. The van der Waals surface area contributed by atoms with Crippen molar-refractivity contribution in [1.29, 1.82) is 5.26 Å². The van der Waals surface area contributed by atoms with Gasteiger partial charge in [-0.2, -0.15) is 5.26 Å². The summed E-state index contributed by atoms with van der Waals surface area (Å²) in [5, 5.41) is 28.1. The van der Waals surface area contributed by atoms with Crippen LogP contribution in [-0.4, -0.2) is 69.8 Å². The Morgan fingerprint density at radius 2 is 2.00 bits per heavy atom. The molecule has 1 amide bonds. The van der Waals surface area contributed by atoms with Crippen LogP contribution in [-0.2, 0) is 17.8 Å². The van der Waals surface area contributed by atoms with E-state index in [4.69, 9.17) is 0 Å². The highest BCUT2D eigenvalue weighted by Crippen LogP contribution is 2.21. The van der Waals surface area contributed by atoms with Gasteiger partial charge < -0.3 is 14.6 Å². The number of rotatable bonds is 5. The number of carbonyl (C=O) groups is 1. The van der Waals surface area contributed by atoms with Gasteiger partial charge in [-0.3, -0.25) is 9.69 Å². The monoisotopic (exact) mass is 332 g/mol. The fourth-order valence-electron chi connectivity index (χ4n) is 2.68. The molecule has 0 bridgehead atoms. The van der Waals surface area contributed by atoms with Gasteiger partial charge in [0.1, 0.15) is 23.2 Å². The van der Waals surface area contributed by atoms with Gasteiger partial charge in [0.05, 0.1) is 13.1 Å². The Morgan fingerprint density at radius 1 is 1.25 bits per heavy atom. The second kappa shape index (κ2) is 7.93. The number of nitrogens with zero attached hydrogens (tertiary/aromatic N) is 6. The Balaban J connectivity index is 2.20. The number of hydrogen-bond donors (Lipinski definition) is 1. The predicted molar refractivity (Wildman–Crippen MR) is 88.9 cm³/mol. The maximum Gasteiger partial charge on any atom is 0.236 e. The van der Waals surface area contributed by atoms with Gasteiger partial charge in [0.25, 0.3) is 0 Å². The lowest BCUT2D eigenvalue weighted by Gasteiger charge is -2.19. The number of aryl methyl sites for hydroxylation is 1. The van der Waals surface area contributed by atoms with Crippen molar-refractivity contribution in [3.8, 4) is 6.07 Å². The van der Waals surface area contributed by atoms with Gasteiger partial charge >= 0.3 is 0 Å². The largest absolute Gasteiger partial charge is 0.509 e. The summed E-state index contributed by atoms with van der Waals surface area (Å²) in [6, 6.07) is 2.04. The van der Waals surface area contributed by atoms with E-state index < -0.39 is 0 Å². The van der Waals surface area contributed by atoms with Crippen LogP contribution >= 0.6 is 0 Å². The number of aliphatic hydroxyl groups is 1. The van der Waals surface area contributed by atoms with Crippen molar-refractivity contribution in [2.45, 2.75) is 32.2 Å². The average molecular weight is 332 g/mol. The summed E-state index contributed by atoms with van der Waals surface area (Å²) in [5.74, 6) is 1.12. The van der Waals surface area contributed by atoms with E-state index in [-0.39, 0.29) is 30.3 Å². The first kappa shape index (κ1) is 17.9. The highest BCUT2D eigenvalue weighted by Gasteiger charge is 2.21. The van der Waals surface area contributed by atoms with Crippen molar-refractivity contribution >= 4 is 11.5 Å². The molecule has 0 aliphatic carbocycles. The Labute approximate surface area is 142 Å². The number of amides is 1. The van der Waals surface area contributed by atoms with Crippen LogP contribution in [0.2, 0.25) is 0 Å². The topological polar surface area (TPSA) is 98.3 Å². The highest BCUT2D eigenvalue weighted by atomic mass is 16.3. The van der Waals surface area contributed by atoms with Crippen molar-refractivity contribution in [3.05, 3.63) is 17.4 Å². The Hall–Kier alpha value is -2.40. The summed E-state index contributed by atoms with van der Waals surface area (Å²) in [6.07, 6.45) is 4.03. The maximum absolute atomic E-state index is 11.7. The molecule has 0 unspecified atom stereocenters. The summed E-state index contributed by atoms with van der Waals surface area (Å²) in [6.45, 7) is 1.02. The molecule has 1 aromatic heterocycles. The van der Waals surface area contributed by atoms with E-state index >= 15 is 0 Å².